The molecule has 2 aliphatic rings. The Kier molecular flexibility index (Phi) is 5.57. The minimum absolute atomic E-state index is 0.0363. The molecule has 0 aromatic heterocycles. The number of amides is 1. The Morgan fingerprint density at radius 2 is 1.87 bits per heavy atom. The first kappa shape index (κ1) is 16.7. The van der Waals surface area contributed by atoms with Gasteiger partial charge in [0, 0.05) is 36.1 Å². The molecule has 2 fully saturated rings. The highest BCUT2D eigenvalue weighted by molar-refractivity contribution is 6.30. The average Bonchev–Trinajstić information content (AvgIpc) is 2.62. The quantitative estimate of drug-likeness (QED) is 0.888. The number of rotatable bonds is 4. The molecule has 0 radical (unpaired) electrons. The lowest BCUT2D eigenvalue weighted by atomic mass is 9.74. The summed E-state index contributed by atoms with van der Waals surface area (Å²) in [7, 11) is 0. The van der Waals surface area contributed by atoms with E-state index in [1.807, 2.05) is 12.1 Å². The second kappa shape index (κ2) is 7.65. The van der Waals surface area contributed by atoms with Crippen LogP contribution in [0.25, 0.3) is 0 Å². The Hall–Kier alpha value is -1.10. The number of piperidine rings is 1. The summed E-state index contributed by atoms with van der Waals surface area (Å²) in [5.41, 5.74) is 1.21. The van der Waals surface area contributed by atoms with Gasteiger partial charge in [0.1, 0.15) is 0 Å². The van der Waals surface area contributed by atoms with Crippen molar-refractivity contribution in [2.75, 3.05) is 32.8 Å². The molecule has 0 aliphatic carbocycles. The SMILES string of the molecule is O=C(NCC1(c2ccc(Cl)cc2)CCOCC1)C1CCNCC1. The van der Waals surface area contributed by atoms with Gasteiger partial charge in [-0.1, -0.05) is 23.7 Å². The fraction of sp³-hybridized carbons (Fsp3) is 0.611. The zero-order chi connectivity index (χ0) is 16.1. The van der Waals surface area contributed by atoms with Crippen LogP contribution in [0.2, 0.25) is 5.02 Å². The van der Waals surface area contributed by atoms with Gasteiger partial charge in [-0.25, -0.2) is 0 Å². The van der Waals surface area contributed by atoms with Gasteiger partial charge in [0.25, 0.3) is 0 Å². The van der Waals surface area contributed by atoms with Crippen LogP contribution in [-0.2, 0) is 14.9 Å². The summed E-state index contributed by atoms with van der Waals surface area (Å²) in [6, 6.07) is 8.04. The number of nitrogens with one attached hydrogen (secondary N) is 2. The second-order valence-electron chi connectivity index (χ2n) is 6.64. The monoisotopic (exact) mass is 336 g/mol. The third-order valence-corrected chi connectivity index (χ3v) is 5.47. The van der Waals surface area contributed by atoms with E-state index in [-0.39, 0.29) is 17.2 Å². The topological polar surface area (TPSA) is 50.4 Å². The van der Waals surface area contributed by atoms with E-state index in [2.05, 4.69) is 22.8 Å². The van der Waals surface area contributed by atoms with Crippen molar-refractivity contribution in [2.45, 2.75) is 31.1 Å². The Bertz CT molecular complexity index is 520. The molecule has 0 spiro atoms. The van der Waals surface area contributed by atoms with Crippen LogP contribution in [0, 0.1) is 5.92 Å². The summed E-state index contributed by atoms with van der Waals surface area (Å²) in [5.74, 6) is 0.352. The fourth-order valence-corrected chi connectivity index (χ4v) is 3.74. The summed E-state index contributed by atoms with van der Waals surface area (Å²) in [4.78, 5) is 12.5. The minimum atomic E-state index is -0.0363. The largest absolute Gasteiger partial charge is 0.381 e. The predicted molar refractivity (Wildman–Crippen MR) is 91.8 cm³/mol. The molecule has 4 nitrogen and oxygen atoms in total. The first-order valence-electron chi connectivity index (χ1n) is 8.52. The van der Waals surface area contributed by atoms with Gasteiger partial charge in [0.2, 0.25) is 5.91 Å². The van der Waals surface area contributed by atoms with Crippen molar-refractivity contribution in [2.24, 2.45) is 5.92 Å². The minimum Gasteiger partial charge on any atom is -0.381 e. The van der Waals surface area contributed by atoms with Gasteiger partial charge in [-0.05, 0) is 56.5 Å². The van der Waals surface area contributed by atoms with E-state index in [4.69, 9.17) is 16.3 Å². The molecule has 1 aromatic rings. The van der Waals surface area contributed by atoms with E-state index >= 15 is 0 Å². The van der Waals surface area contributed by atoms with Crippen molar-refractivity contribution in [1.82, 2.24) is 10.6 Å². The molecule has 2 saturated heterocycles. The Morgan fingerprint density at radius 3 is 2.52 bits per heavy atom. The van der Waals surface area contributed by atoms with Gasteiger partial charge in [-0.2, -0.15) is 0 Å². The molecule has 2 heterocycles. The normalized spacial score (nSPS) is 21.8. The molecule has 2 aliphatic heterocycles. The molecular weight excluding hydrogens is 312 g/mol. The number of carbonyl (C=O) groups excluding carboxylic acids is 1. The zero-order valence-corrected chi connectivity index (χ0v) is 14.2. The number of halogens is 1. The lowest BCUT2D eigenvalue weighted by Crippen LogP contribution is -2.47. The molecule has 1 amide bonds. The van der Waals surface area contributed by atoms with Gasteiger partial charge in [0.05, 0.1) is 0 Å². The maximum Gasteiger partial charge on any atom is 0.223 e. The molecule has 0 saturated carbocycles. The molecule has 2 N–H and O–H groups in total. The van der Waals surface area contributed by atoms with Gasteiger partial charge in [-0.15, -0.1) is 0 Å². The molecular formula is C18H25ClN2O2. The third-order valence-electron chi connectivity index (χ3n) is 5.22. The first-order chi connectivity index (χ1) is 11.2. The molecule has 0 bridgehead atoms. The zero-order valence-electron chi connectivity index (χ0n) is 13.4. The maximum atomic E-state index is 12.5. The number of ether oxygens (including phenoxy) is 1. The van der Waals surface area contributed by atoms with Crippen LogP contribution in [0.3, 0.4) is 0 Å². The van der Waals surface area contributed by atoms with Crippen LogP contribution < -0.4 is 10.6 Å². The molecule has 23 heavy (non-hydrogen) atoms. The fourth-order valence-electron chi connectivity index (χ4n) is 3.62. The summed E-state index contributed by atoms with van der Waals surface area (Å²) >= 11 is 6.02. The predicted octanol–water partition coefficient (Wildman–Crippen LogP) is 2.50. The lowest BCUT2D eigenvalue weighted by molar-refractivity contribution is -0.126. The molecule has 0 unspecified atom stereocenters. The van der Waals surface area contributed by atoms with Gasteiger partial charge in [-0.3, -0.25) is 4.79 Å². The average molecular weight is 337 g/mol. The van der Waals surface area contributed by atoms with Crippen LogP contribution in [-0.4, -0.2) is 38.8 Å². The Labute approximate surface area is 142 Å². The number of hydrogen-bond acceptors (Lipinski definition) is 3. The van der Waals surface area contributed by atoms with E-state index in [9.17, 15) is 4.79 Å². The van der Waals surface area contributed by atoms with Crippen LogP contribution in [0.15, 0.2) is 24.3 Å². The highest BCUT2D eigenvalue weighted by atomic mass is 35.5. The highest BCUT2D eigenvalue weighted by Gasteiger charge is 2.35. The van der Waals surface area contributed by atoms with Crippen LogP contribution in [0.5, 0.6) is 0 Å². The molecule has 3 rings (SSSR count). The van der Waals surface area contributed by atoms with Crippen molar-refractivity contribution < 1.29 is 9.53 Å². The molecule has 5 heteroatoms. The molecule has 126 valence electrons. The van der Waals surface area contributed by atoms with Crippen molar-refractivity contribution in [3.63, 3.8) is 0 Å². The van der Waals surface area contributed by atoms with Crippen LogP contribution in [0.4, 0.5) is 0 Å². The van der Waals surface area contributed by atoms with Gasteiger partial charge in [0.15, 0.2) is 0 Å². The number of carbonyl (C=O) groups is 1. The smallest absolute Gasteiger partial charge is 0.223 e. The number of hydrogen-bond donors (Lipinski definition) is 2. The van der Waals surface area contributed by atoms with E-state index in [0.29, 0.717) is 6.54 Å². The summed E-state index contributed by atoms with van der Waals surface area (Å²) in [6.45, 7) is 4.04. The standard InChI is InChI=1S/C18H25ClN2O2/c19-16-3-1-15(2-4-16)18(7-11-23-12-8-18)13-21-17(22)14-5-9-20-10-6-14/h1-4,14,20H,5-13H2,(H,21,22). The van der Waals surface area contributed by atoms with Crippen molar-refractivity contribution in [3.05, 3.63) is 34.9 Å². The Balaban J connectivity index is 1.69. The summed E-state index contributed by atoms with van der Waals surface area (Å²) in [5, 5.41) is 7.27. The van der Waals surface area contributed by atoms with E-state index in [1.165, 1.54) is 5.56 Å². The first-order valence-corrected chi connectivity index (χ1v) is 8.90. The second-order valence-corrected chi connectivity index (χ2v) is 7.08. The van der Waals surface area contributed by atoms with E-state index in [0.717, 1.165) is 57.0 Å². The van der Waals surface area contributed by atoms with Crippen molar-refractivity contribution in [3.8, 4) is 0 Å². The third kappa shape index (κ3) is 4.06. The van der Waals surface area contributed by atoms with Crippen molar-refractivity contribution in [1.29, 1.82) is 0 Å². The van der Waals surface area contributed by atoms with E-state index in [1.54, 1.807) is 0 Å². The van der Waals surface area contributed by atoms with Crippen molar-refractivity contribution >= 4 is 17.5 Å². The van der Waals surface area contributed by atoms with Crippen LogP contribution in [0.1, 0.15) is 31.2 Å². The summed E-state index contributed by atoms with van der Waals surface area (Å²) in [6.07, 6.45) is 3.73. The maximum absolute atomic E-state index is 12.5. The van der Waals surface area contributed by atoms with Gasteiger partial charge >= 0.3 is 0 Å². The van der Waals surface area contributed by atoms with Crippen LogP contribution >= 0.6 is 11.6 Å². The van der Waals surface area contributed by atoms with Gasteiger partial charge < -0.3 is 15.4 Å². The number of benzene rings is 1. The summed E-state index contributed by atoms with van der Waals surface area (Å²) < 4.78 is 5.55. The Morgan fingerprint density at radius 1 is 1.22 bits per heavy atom. The molecule has 0 atom stereocenters. The van der Waals surface area contributed by atoms with E-state index < -0.39 is 0 Å². The lowest BCUT2D eigenvalue weighted by Gasteiger charge is -2.38. The molecule has 1 aromatic carbocycles. The highest BCUT2D eigenvalue weighted by Crippen LogP contribution is 2.35.